The van der Waals surface area contributed by atoms with Gasteiger partial charge in [0.05, 0.1) is 33.5 Å². The van der Waals surface area contributed by atoms with E-state index < -0.39 is 6.10 Å². The first-order valence-electron chi connectivity index (χ1n) is 30.4. The number of aliphatic hydroxyl groups excluding tert-OH is 1. The van der Waals surface area contributed by atoms with Crippen molar-refractivity contribution in [2.75, 3.05) is 22.2 Å². The second-order valence-electron chi connectivity index (χ2n) is 20.9. The van der Waals surface area contributed by atoms with E-state index in [1.54, 1.807) is 60.9 Å². The number of carbonyl (C=O) groups is 2. The summed E-state index contributed by atoms with van der Waals surface area (Å²) < 4.78 is 23.5. The van der Waals surface area contributed by atoms with Crippen molar-refractivity contribution in [3.8, 4) is 23.0 Å². The van der Waals surface area contributed by atoms with Gasteiger partial charge in [-0.05, 0) is 113 Å². The van der Waals surface area contributed by atoms with Gasteiger partial charge in [0.2, 0.25) is 22.2 Å². The number of fused-ring (bicyclic) bond motifs is 4. The number of pyridine rings is 4. The Bertz CT molecular complexity index is 4560. The van der Waals surface area contributed by atoms with E-state index >= 15 is 0 Å². The second-order valence-corrected chi connectivity index (χ2v) is 22.8. The van der Waals surface area contributed by atoms with Crippen LogP contribution in [0.5, 0.6) is 23.0 Å². The van der Waals surface area contributed by atoms with Crippen LogP contribution in [-0.4, -0.2) is 58.9 Å². The molecule has 0 saturated heterocycles. The van der Waals surface area contributed by atoms with E-state index in [0.29, 0.717) is 99.1 Å². The molecule has 12 aromatic rings. The van der Waals surface area contributed by atoms with Crippen LogP contribution >= 0.6 is 60.4 Å². The predicted octanol–water partition coefficient (Wildman–Crippen LogP) is 16.7. The average Bonchev–Trinajstić information content (AvgIpc) is 0.830. The summed E-state index contributed by atoms with van der Waals surface area (Å²) in [6.07, 6.45) is 1.05. The molecule has 0 spiro atoms. The van der Waals surface area contributed by atoms with Crippen molar-refractivity contribution in [3.63, 3.8) is 0 Å². The first-order chi connectivity index (χ1) is 46.2. The van der Waals surface area contributed by atoms with Gasteiger partial charge in [-0.15, -0.1) is 0 Å². The number of ether oxygens (including phenoxy) is 4. The number of H-pyrrole nitrogens is 4. The van der Waals surface area contributed by atoms with Crippen LogP contribution in [0.1, 0.15) is 93.8 Å². The van der Waals surface area contributed by atoms with Crippen molar-refractivity contribution >= 4 is 116 Å². The minimum absolute atomic E-state index is 0.0448. The second kappa shape index (κ2) is 37.7. The largest absolute Gasteiger partial charge is 0.487 e. The number of hydrogen-bond donors (Lipinski definition) is 6. The third-order valence-corrected chi connectivity index (χ3v) is 16.6. The molecule has 4 aromatic heterocycles. The van der Waals surface area contributed by atoms with Gasteiger partial charge in [0.25, 0.3) is 0 Å². The summed E-state index contributed by atoms with van der Waals surface area (Å²) in [5.41, 5.74) is 8.95. The summed E-state index contributed by atoms with van der Waals surface area (Å²) in [5.74, 6) is 2.66. The molecular formula is C76H73Br3N4O11S. The molecular weight excluding hydrogens is 1420 g/mol. The Hall–Kier alpha value is -9.11. The van der Waals surface area contributed by atoms with Crippen LogP contribution in [-0.2, 0) is 26.4 Å². The van der Waals surface area contributed by atoms with Crippen LogP contribution in [0, 0.1) is 0 Å². The number of aromatic nitrogens is 4. The number of Topliss-reactive ketones (excluding diaryl/α,β-unsaturated/α-hetero) is 2. The quantitative estimate of drug-likeness (QED) is 0.0254. The summed E-state index contributed by atoms with van der Waals surface area (Å²) in [6, 6.07) is 66.6. The molecule has 0 bridgehead atoms. The molecule has 2 atom stereocenters. The highest BCUT2D eigenvalue weighted by Crippen LogP contribution is 2.34. The predicted molar refractivity (Wildman–Crippen MR) is 397 cm³/mol. The fourth-order valence-electron chi connectivity index (χ4n) is 9.88. The van der Waals surface area contributed by atoms with Gasteiger partial charge in [0.1, 0.15) is 49.4 Å². The lowest BCUT2D eigenvalue weighted by atomic mass is 9.98. The van der Waals surface area contributed by atoms with Crippen LogP contribution < -0.4 is 41.2 Å². The molecule has 12 rings (SSSR count). The Balaban J connectivity index is 0.000000176. The van der Waals surface area contributed by atoms with Gasteiger partial charge in [-0.25, -0.2) is 0 Å². The smallest absolute Gasteiger partial charge is 0.248 e. The van der Waals surface area contributed by atoms with Crippen LogP contribution in [0.4, 0.5) is 0 Å². The Morgan fingerprint density at radius 2 is 0.695 bits per heavy atom. The van der Waals surface area contributed by atoms with Crippen LogP contribution in [0.2, 0.25) is 0 Å². The van der Waals surface area contributed by atoms with Gasteiger partial charge in [-0.3, -0.25) is 28.8 Å². The number of ketones is 2. The molecule has 0 fully saturated rings. The van der Waals surface area contributed by atoms with E-state index in [9.17, 15) is 33.9 Å². The van der Waals surface area contributed by atoms with Gasteiger partial charge in [0, 0.05) is 67.6 Å². The number of aliphatic hydroxyl groups is 1. The van der Waals surface area contributed by atoms with Gasteiger partial charge in [-0.2, -0.15) is 12.6 Å². The highest BCUT2D eigenvalue weighted by atomic mass is 79.9. The minimum atomic E-state index is -0.647. The van der Waals surface area contributed by atoms with Gasteiger partial charge < -0.3 is 44.0 Å². The van der Waals surface area contributed by atoms with Gasteiger partial charge >= 0.3 is 0 Å². The van der Waals surface area contributed by atoms with E-state index in [4.69, 9.17) is 18.9 Å². The molecule has 0 radical (unpaired) electrons. The van der Waals surface area contributed by atoms with E-state index in [1.807, 2.05) is 153 Å². The molecule has 0 saturated carbocycles. The fraction of sp³-hybridized carbons (Fsp3) is 0.184. The number of hydrogen-bond acceptors (Lipinski definition) is 12. The van der Waals surface area contributed by atoms with E-state index in [2.05, 4.69) is 93.3 Å². The summed E-state index contributed by atoms with van der Waals surface area (Å²) in [7, 11) is 0. The van der Waals surface area contributed by atoms with Crippen molar-refractivity contribution in [1.82, 2.24) is 19.9 Å². The maximum absolute atomic E-state index is 12.0. The minimum Gasteiger partial charge on any atom is -0.487 e. The number of alkyl halides is 3. The molecule has 5 N–H and O–H groups in total. The molecule has 0 aliphatic rings. The zero-order valence-electron chi connectivity index (χ0n) is 53.0. The average molecular weight is 1490 g/mol. The zero-order chi connectivity index (χ0) is 68.2. The zero-order valence-corrected chi connectivity index (χ0v) is 58.7. The third-order valence-electron chi connectivity index (χ3n) is 14.5. The monoisotopic (exact) mass is 1490 g/mol. The van der Waals surface area contributed by atoms with Gasteiger partial charge in [0.15, 0.2) is 11.6 Å². The number of carbonyl (C=O) groups excluding carboxylic acids is 2. The molecule has 4 heterocycles. The topological polar surface area (TPSA) is 223 Å². The number of nitrogens with one attached hydrogen (secondary N) is 4. The number of rotatable bonds is 19. The van der Waals surface area contributed by atoms with Crippen molar-refractivity contribution in [2.24, 2.45) is 0 Å². The summed E-state index contributed by atoms with van der Waals surface area (Å²) in [6.45, 7) is 9.32. The van der Waals surface area contributed by atoms with E-state index in [0.717, 1.165) is 49.4 Å². The Labute approximate surface area is 580 Å². The molecule has 0 amide bonds. The molecule has 490 valence electrons. The molecule has 0 unspecified atom stereocenters. The maximum atomic E-state index is 12.0. The van der Waals surface area contributed by atoms with Crippen molar-refractivity contribution in [2.45, 2.75) is 66.1 Å². The molecule has 8 aromatic carbocycles. The fourth-order valence-corrected chi connectivity index (χ4v) is 10.9. The number of aromatic amines is 4. The van der Waals surface area contributed by atoms with E-state index in [-0.39, 0.29) is 39.1 Å². The Morgan fingerprint density at radius 1 is 0.400 bits per heavy atom. The lowest BCUT2D eigenvalue weighted by Crippen LogP contribution is -2.08. The SMILES string of the molecule is CC.CC(=O)c1ccc(OCc2ccccc2)c2[nH]c(=O)ccc12.CS.C[C@@H](CBr)c1ccc(OCc2ccccc2)c2[nH]c(=O)ccc12.O=C(CBr)c1ccc(OCc2ccccc2)c2[nH]c(=O)ccc12.O=c1ccc2c([C@@H](O)CBr)ccc(OCc3ccccc3)c2[nH]1. The summed E-state index contributed by atoms with van der Waals surface area (Å²) in [5, 5.41) is 14.8. The first-order valence-corrected chi connectivity index (χ1v) is 34.6. The number of benzene rings is 8. The highest BCUT2D eigenvalue weighted by Gasteiger charge is 2.18. The van der Waals surface area contributed by atoms with Crippen molar-refractivity contribution in [1.29, 1.82) is 0 Å². The molecule has 15 nitrogen and oxygen atoms in total. The van der Waals surface area contributed by atoms with Crippen molar-refractivity contribution in [3.05, 3.63) is 304 Å². The molecule has 19 heteroatoms. The standard InChI is InChI=1S/C19H18BrNO2.C18H16BrNO3.C18H14BrNO3.C18H15NO3.C2H6.CH4S/c1-13(11-20)15-7-9-17(19-16(15)8-10-18(22)21-19)23-12-14-5-3-2-4-6-14;2*19-10-15(21)13-6-8-16(18-14(13)7-9-17(22)20-18)23-11-12-4-2-1-3-5-12;1-12(20)14-7-9-16(18-15(14)8-10-17(21)19-18)22-11-13-5-3-2-4-6-13;2*1-2/h2-10,13H,11-12H2,1H3,(H,21,22);1-9,15,21H,10-11H2,(H,20,22);1-9H,10-11H2,(H,20,22);2-10H,11H2,1H3,(H,19,21);1-2H3;2H,1H3/t13-;15-;;;;/m00..../s1. The summed E-state index contributed by atoms with van der Waals surface area (Å²) in [4.78, 5) is 81.6. The summed E-state index contributed by atoms with van der Waals surface area (Å²) >= 11 is 13.5. The third kappa shape index (κ3) is 20.4. The molecule has 0 aliphatic heterocycles. The Morgan fingerprint density at radius 3 is 1.02 bits per heavy atom. The molecule has 95 heavy (non-hydrogen) atoms. The Kier molecular flexibility index (Phi) is 29.1. The number of thiol groups is 1. The van der Waals surface area contributed by atoms with E-state index in [1.165, 1.54) is 30.7 Å². The van der Waals surface area contributed by atoms with Gasteiger partial charge in [-0.1, -0.05) is 202 Å². The highest BCUT2D eigenvalue weighted by molar-refractivity contribution is 9.09. The lowest BCUT2D eigenvalue weighted by molar-refractivity contribution is 0.101. The first kappa shape index (κ1) is 73.3. The van der Waals surface area contributed by atoms with Crippen molar-refractivity contribution < 1.29 is 33.6 Å². The lowest BCUT2D eigenvalue weighted by Gasteiger charge is -2.15. The molecule has 0 aliphatic carbocycles. The normalized spacial score (nSPS) is 11.1. The van der Waals surface area contributed by atoms with Crippen LogP contribution in [0.25, 0.3) is 43.6 Å². The van der Waals surface area contributed by atoms with Crippen LogP contribution in [0.15, 0.2) is 238 Å². The maximum Gasteiger partial charge on any atom is 0.248 e. The number of halogens is 3. The van der Waals surface area contributed by atoms with Crippen LogP contribution in [0.3, 0.4) is 0 Å².